The Bertz CT molecular complexity index is 855. The van der Waals surface area contributed by atoms with E-state index in [1.54, 1.807) is 32.0 Å². The molecule has 1 unspecified atom stereocenters. The van der Waals surface area contributed by atoms with Gasteiger partial charge in [-0.1, -0.05) is 65.0 Å². The van der Waals surface area contributed by atoms with E-state index in [-0.39, 0.29) is 17.4 Å². The van der Waals surface area contributed by atoms with Crippen molar-refractivity contribution in [2.45, 2.75) is 64.7 Å². The first-order valence-corrected chi connectivity index (χ1v) is 11.3. The van der Waals surface area contributed by atoms with Gasteiger partial charge in [0.05, 0.1) is 6.61 Å². The molecule has 0 fully saturated rings. The van der Waals surface area contributed by atoms with Gasteiger partial charge in [-0.2, -0.15) is 0 Å². The number of benzene rings is 2. The Morgan fingerprint density at radius 1 is 0.903 bits per heavy atom. The number of hydrogen-bond acceptors (Lipinski definition) is 3. The number of alkyl halides is 1. The van der Waals surface area contributed by atoms with Crippen molar-refractivity contribution in [3.8, 4) is 22.6 Å². The van der Waals surface area contributed by atoms with Crippen LogP contribution < -0.4 is 9.47 Å². The van der Waals surface area contributed by atoms with E-state index >= 15 is 0 Å². The van der Waals surface area contributed by atoms with E-state index in [0.717, 1.165) is 12.8 Å². The van der Waals surface area contributed by atoms with Gasteiger partial charge in [-0.25, -0.2) is 8.78 Å². The lowest BCUT2D eigenvalue weighted by Crippen LogP contribution is -2.25. The fourth-order valence-electron chi connectivity index (χ4n) is 3.06. The third-order valence-corrected chi connectivity index (χ3v) is 5.66. The van der Waals surface area contributed by atoms with Crippen molar-refractivity contribution in [3.05, 3.63) is 48.0 Å². The number of ether oxygens (including phenoxy) is 2. The summed E-state index contributed by atoms with van der Waals surface area (Å²) in [5, 5.41) is -0.864. The number of unbranched alkanes of at least 4 members (excludes halogenated alkanes) is 5. The fourth-order valence-corrected chi connectivity index (χ4v) is 3.11. The van der Waals surface area contributed by atoms with Crippen LogP contribution in [0.5, 0.6) is 11.5 Å². The SMILES string of the molecule is CCCCCCCCOc1ccc(-c2ccc(OC(=O)C(Cl)C(C)C)c(F)c2)cc1F. The van der Waals surface area contributed by atoms with Crippen LogP contribution in [0, 0.1) is 17.6 Å². The topological polar surface area (TPSA) is 35.5 Å². The van der Waals surface area contributed by atoms with Crippen LogP contribution in [0.2, 0.25) is 0 Å². The third kappa shape index (κ3) is 7.80. The Morgan fingerprint density at radius 2 is 1.45 bits per heavy atom. The molecule has 1 atom stereocenters. The number of carbonyl (C=O) groups excluding carboxylic acids is 1. The molecule has 0 heterocycles. The average Bonchev–Trinajstić information content (AvgIpc) is 2.74. The van der Waals surface area contributed by atoms with Crippen LogP contribution in [0.25, 0.3) is 11.1 Å². The molecule has 0 bridgehead atoms. The van der Waals surface area contributed by atoms with Gasteiger partial charge in [-0.15, -0.1) is 11.6 Å². The standard InChI is InChI=1S/C25H31ClF2O3/c1-4-5-6-7-8-9-14-30-22-12-10-18(15-20(22)27)19-11-13-23(21(28)16-19)31-25(29)24(26)17(2)3/h10-13,15-17,24H,4-9,14H2,1-3H3. The van der Waals surface area contributed by atoms with Crippen molar-refractivity contribution in [2.75, 3.05) is 6.61 Å². The zero-order valence-corrected chi connectivity index (χ0v) is 19.2. The molecule has 0 aliphatic heterocycles. The summed E-state index contributed by atoms with van der Waals surface area (Å²) in [6.07, 6.45) is 6.79. The molecule has 0 N–H and O–H groups in total. The van der Waals surface area contributed by atoms with E-state index in [2.05, 4.69) is 6.92 Å². The first-order valence-electron chi connectivity index (χ1n) is 10.9. The van der Waals surface area contributed by atoms with Crippen LogP contribution in [0.15, 0.2) is 36.4 Å². The lowest BCUT2D eigenvalue weighted by atomic mass is 10.0. The smallest absolute Gasteiger partial charge is 0.329 e. The van der Waals surface area contributed by atoms with Gasteiger partial charge in [0.25, 0.3) is 0 Å². The Kier molecular flexibility index (Phi) is 10.3. The molecule has 170 valence electrons. The zero-order valence-electron chi connectivity index (χ0n) is 18.4. The first kappa shape index (κ1) is 25.1. The Labute approximate surface area is 188 Å². The minimum atomic E-state index is -0.864. The molecular weight excluding hydrogens is 422 g/mol. The van der Waals surface area contributed by atoms with Gasteiger partial charge in [-0.3, -0.25) is 4.79 Å². The van der Waals surface area contributed by atoms with E-state index in [9.17, 15) is 13.6 Å². The highest BCUT2D eigenvalue weighted by atomic mass is 35.5. The maximum Gasteiger partial charge on any atom is 0.329 e. The van der Waals surface area contributed by atoms with Crippen LogP contribution in [0.3, 0.4) is 0 Å². The molecular formula is C25H31ClF2O3. The average molecular weight is 453 g/mol. The van der Waals surface area contributed by atoms with Crippen molar-refractivity contribution in [3.63, 3.8) is 0 Å². The quantitative estimate of drug-likeness (QED) is 0.144. The number of halogens is 3. The second-order valence-corrected chi connectivity index (χ2v) is 8.44. The molecule has 2 rings (SSSR count). The van der Waals surface area contributed by atoms with Crippen molar-refractivity contribution < 1.29 is 23.0 Å². The molecule has 0 amide bonds. The summed E-state index contributed by atoms with van der Waals surface area (Å²) >= 11 is 5.95. The van der Waals surface area contributed by atoms with Crippen LogP contribution in [0.4, 0.5) is 8.78 Å². The van der Waals surface area contributed by atoms with E-state index in [0.29, 0.717) is 17.7 Å². The first-order chi connectivity index (χ1) is 14.8. The van der Waals surface area contributed by atoms with E-state index in [1.165, 1.54) is 43.9 Å². The molecule has 0 aliphatic carbocycles. The summed E-state index contributed by atoms with van der Waals surface area (Å²) in [5.74, 6) is -2.09. The van der Waals surface area contributed by atoms with Gasteiger partial charge in [0, 0.05) is 0 Å². The molecule has 3 nitrogen and oxygen atoms in total. The lowest BCUT2D eigenvalue weighted by Gasteiger charge is -2.13. The second kappa shape index (κ2) is 12.7. The summed E-state index contributed by atoms with van der Waals surface area (Å²) in [5.41, 5.74) is 0.962. The Morgan fingerprint density at radius 3 is 2.00 bits per heavy atom. The van der Waals surface area contributed by atoms with Gasteiger partial charge in [-0.05, 0) is 47.7 Å². The molecule has 31 heavy (non-hydrogen) atoms. The predicted octanol–water partition coefficient (Wildman–Crippen LogP) is 7.54. The van der Waals surface area contributed by atoms with Crippen molar-refractivity contribution >= 4 is 17.6 Å². The minimum absolute atomic E-state index is 0.138. The second-order valence-electron chi connectivity index (χ2n) is 7.97. The van der Waals surface area contributed by atoms with E-state index in [1.807, 2.05) is 0 Å². The van der Waals surface area contributed by atoms with Crippen molar-refractivity contribution in [2.24, 2.45) is 5.92 Å². The van der Waals surface area contributed by atoms with Gasteiger partial charge in [0.2, 0.25) is 0 Å². The molecule has 0 spiro atoms. The minimum Gasteiger partial charge on any atom is -0.491 e. The number of esters is 1. The third-order valence-electron chi connectivity index (χ3n) is 4.97. The van der Waals surface area contributed by atoms with Gasteiger partial charge < -0.3 is 9.47 Å². The normalized spacial score (nSPS) is 12.1. The zero-order chi connectivity index (χ0) is 22.8. The monoisotopic (exact) mass is 452 g/mol. The van der Waals surface area contributed by atoms with Gasteiger partial charge in [0.1, 0.15) is 5.38 Å². The molecule has 0 saturated heterocycles. The number of carbonyl (C=O) groups is 1. The summed E-state index contributed by atoms with van der Waals surface area (Å²) in [6.45, 7) is 6.19. The molecule has 0 radical (unpaired) electrons. The Balaban J connectivity index is 1.96. The van der Waals surface area contributed by atoms with Crippen LogP contribution >= 0.6 is 11.6 Å². The summed E-state index contributed by atoms with van der Waals surface area (Å²) < 4.78 is 39.4. The van der Waals surface area contributed by atoms with Crippen molar-refractivity contribution in [1.29, 1.82) is 0 Å². The molecule has 2 aromatic rings. The van der Waals surface area contributed by atoms with Gasteiger partial charge >= 0.3 is 5.97 Å². The lowest BCUT2D eigenvalue weighted by molar-refractivity contribution is -0.134. The Hall–Kier alpha value is -2.14. The number of rotatable bonds is 12. The van der Waals surface area contributed by atoms with Crippen LogP contribution in [-0.4, -0.2) is 18.0 Å². The van der Waals surface area contributed by atoms with Gasteiger partial charge in [0.15, 0.2) is 23.1 Å². The van der Waals surface area contributed by atoms with Crippen LogP contribution in [-0.2, 0) is 4.79 Å². The molecule has 0 saturated carbocycles. The van der Waals surface area contributed by atoms with Crippen LogP contribution in [0.1, 0.15) is 59.3 Å². The highest BCUT2D eigenvalue weighted by Gasteiger charge is 2.22. The number of hydrogen-bond donors (Lipinski definition) is 0. The summed E-state index contributed by atoms with van der Waals surface area (Å²) in [7, 11) is 0. The van der Waals surface area contributed by atoms with Crippen molar-refractivity contribution in [1.82, 2.24) is 0 Å². The highest BCUT2D eigenvalue weighted by molar-refractivity contribution is 6.30. The highest BCUT2D eigenvalue weighted by Crippen LogP contribution is 2.29. The maximum atomic E-state index is 14.4. The summed E-state index contributed by atoms with van der Waals surface area (Å²) in [4.78, 5) is 11.9. The summed E-state index contributed by atoms with van der Waals surface area (Å²) in [6, 6.07) is 8.64. The molecule has 0 aromatic heterocycles. The maximum absolute atomic E-state index is 14.4. The largest absolute Gasteiger partial charge is 0.491 e. The molecule has 0 aliphatic rings. The molecule has 6 heteroatoms. The van der Waals surface area contributed by atoms with E-state index in [4.69, 9.17) is 21.1 Å². The fraction of sp³-hybridized carbons (Fsp3) is 0.480. The predicted molar refractivity (Wildman–Crippen MR) is 121 cm³/mol. The molecule has 2 aromatic carbocycles. The van der Waals surface area contributed by atoms with E-state index < -0.39 is 23.0 Å².